The van der Waals surface area contributed by atoms with Crippen LogP contribution in [0.2, 0.25) is 0 Å². The third kappa shape index (κ3) is 1.58. The van der Waals surface area contributed by atoms with Crippen molar-refractivity contribution in [3.05, 3.63) is 35.9 Å². The Labute approximate surface area is 83.6 Å². The number of hydrogen-bond donors (Lipinski definition) is 1. The van der Waals surface area contributed by atoms with Crippen LogP contribution in [0.15, 0.2) is 35.3 Å². The first kappa shape index (κ1) is 9.06. The number of ether oxygens (including phenoxy) is 1. The average molecular weight is 190 g/mol. The highest BCUT2D eigenvalue weighted by Crippen LogP contribution is 2.31. The molecule has 1 aromatic carbocycles. The van der Waals surface area contributed by atoms with Crippen molar-refractivity contribution in [2.24, 2.45) is 10.7 Å². The van der Waals surface area contributed by atoms with Gasteiger partial charge in [-0.2, -0.15) is 0 Å². The summed E-state index contributed by atoms with van der Waals surface area (Å²) in [6, 6.07) is 10.5. The molecule has 1 aromatic rings. The molecular formula is C11H14N2O. The smallest absolute Gasteiger partial charge is 0.282 e. The van der Waals surface area contributed by atoms with Gasteiger partial charge < -0.3 is 10.5 Å². The molecule has 2 rings (SSSR count). The van der Waals surface area contributed by atoms with Crippen molar-refractivity contribution in [1.82, 2.24) is 0 Å². The highest BCUT2D eigenvalue weighted by molar-refractivity contribution is 5.72. The van der Waals surface area contributed by atoms with E-state index in [2.05, 4.69) is 24.0 Å². The Balaban J connectivity index is 2.37. The van der Waals surface area contributed by atoms with E-state index in [-0.39, 0.29) is 5.54 Å². The molecule has 0 bridgehead atoms. The maximum absolute atomic E-state index is 5.58. The number of amidine groups is 1. The van der Waals surface area contributed by atoms with E-state index in [1.807, 2.05) is 18.2 Å². The van der Waals surface area contributed by atoms with E-state index in [9.17, 15) is 0 Å². The van der Waals surface area contributed by atoms with Gasteiger partial charge in [0, 0.05) is 6.42 Å². The van der Waals surface area contributed by atoms with Crippen molar-refractivity contribution in [2.75, 3.05) is 6.61 Å². The lowest BCUT2D eigenvalue weighted by Crippen LogP contribution is -2.33. The van der Waals surface area contributed by atoms with Gasteiger partial charge in [-0.05, 0) is 12.5 Å². The van der Waals surface area contributed by atoms with Crippen LogP contribution in [0.3, 0.4) is 0 Å². The van der Waals surface area contributed by atoms with Gasteiger partial charge in [-0.25, -0.2) is 4.99 Å². The molecule has 1 atom stereocenters. The third-order valence-corrected chi connectivity index (χ3v) is 2.59. The number of benzene rings is 1. The first-order valence-electron chi connectivity index (χ1n) is 4.74. The molecule has 14 heavy (non-hydrogen) atoms. The lowest BCUT2D eigenvalue weighted by Gasteiger charge is -2.29. The van der Waals surface area contributed by atoms with Crippen LogP contribution < -0.4 is 5.73 Å². The standard InChI is InChI=1S/C11H14N2O/c1-11(7-8-14-10(12)13-11)9-5-3-2-4-6-9/h2-6H,7-8H2,1H3,(H2,12,13). The molecule has 0 spiro atoms. The van der Waals surface area contributed by atoms with Crippen molar-refractivity contribution in [2.45, 2.75) is 18.9 Å². The fourth-order valence-electron chi connectivity index (χ4n) is 1.69. The molecule has 2 N–H and O–H groups in total. The molecule has 1 aliphatic rings. The zero-order valence-electron chi connectivity index (χ0n) is 8.23. The van der Waals surface area contributed by atoms with Crippen LogP contribution >= 0.6 is 0 Å². The number of nitrogens with two attached hydrogens (primary N) is 1. The van der Waals surface area contributed by atoms with E-state index in [0.717, 1.165) is 6.42 Å². The molecule has 1 heterocycles. The number of rotatable bonds is 1. The predicted molar refractivity (Wildman–Crippen MR) is 56.0 cm³/mol. The monoisotopic (exact) mass is 190 g/mol. The van der Waals surface area contributed by atoms with Gasteiger partial charge >= 0.3 is 0 Å². The third-order valence-electron chi connectivity index (χ3n) is 2.59. The summed E-state index contributed by atoms with van der Waals surface area (Å²) in [4.78, 5) is 4.36. The molecule has 0 amide bonds. The summed E-state index contributed by atoms with van der Waals surface area (Å²) in [5, 5.41) is 0. The number of aliphatic imine (C=N–C) groups is 1. The van der Waals surface area contributed by atoms with Gasteiger partial charge in [0.05, 0.1) is 12.1 Å². The van der Waals surface area contributed by atoms with Gasteiger partial charge in [0.25, 0.3) is 6.02 Å². The van der Waals surface area contributed by atoms with E-state index < -0.39 is 0 Å². The lowest BCUT2D eigenvalue weighted by molar-refractivity contribution is 0.218. The predicted octanol–water partition coefficient (Wildman–Crippen LogP) is 1.64. The molecular weight excluding hydrogens is 176 g/mol. The molecule has 0 aliphatic carbocycles. The largest absolute Gasteiger partial charge is 0.465 e. The van der Waals surface area contributed by atoms with Gasteiger partial charge in [0.2, 0.25) is 0 Å². The minimum absolute atomic E-state index is 0.219. The van der Waals surface area contributed by atoms with Crippen LogP contribution in [0.25, 0.3) is 0 Å². The van der Waals surface area contributed by atoms with Gasteiger partial charge in [-0.1, -0.05) is 30.3 Å². The summed E-state index contributed by atoms with van der Waals surface area (Å²) in [6.07, 6.45) is 0.873. The maximum Gasteiger partial charge on any atom is 0.282 e. The van der Waals surface area contributed by atoms with Crippen LogP contribution in [-0.4, -0.2) is 12.6 Å². The summed E-state index contributed by atoms with van der Waals surface area (Å²) in [5.41, 5.74) is 6.54. The van der Waals surface area contributed by atoms with E-state index >= 15 is 0 Å². The molecule has 3 nitrogen and oxygen atoms in total. The van der Waals surface area contributed by atoms with Crippen LogP contribution in [0.5, 0.6) is 0 Å². The van der Waals surface area contributed by atoms with Crippen molar-refractivity contribution in [1.29, 1.82) is 0 Å². The highest BCUT2D eigenvalue weighted by atomic mass is 16.5. The fourth-order valence-corrected chi connectivity index (χ4v) is 1.69. The SMILES string of the molecule is CC1(c2ccccc2)CCOC(N)=N1. The summed E-state index contributed by atoms with van der Waals surface area (Å²) in [5.74, 6) is 0. The van der Waals surface area contributed by atoms with Gasteiger partial charge in [0.1, 0.15) is 0 Å². The van der Waals surface area contributed by atoms with Crippen LogP contribution in [0.4, 0.5) is 0 Å². The minimum Gasteiger partial charge on any atom is -0.465 e. The second-order valence-corrected chi connectivity index (χ2v) is 3.69. The second kappa shape index (κ2) is 3.33. The van der Waals surface area contributed by atoms with E-state index in [0.29, 0.717) is 12.6 Å². The van der Waals surface area contributed by atoms with E-state index in [1.54, 1.807) is 0 Å². The Hall–Kier alpha value is -1.51. The Morgan fingerprint density at radius 3 is 2.71 bits per heavy atom. The normalized spacial score (nSPS) is 26.5. The molecule has 0 saturated carbocycles. The Morgan fingerprint density at radius 2 is 2.07 bits per heavy atom. The number of nitrogens with zero attached hydrogens (tertiary/aromatic N) is 1. The summed E-state index contributed by atoms with van der Waals surface area (Å²) < 4.78 is 5.12. The van der Waals surface area contributed by atoms with Gasteiger partial charge in [-0.15, -0.1) is 0 Å². The van der Waals surface area contributed by atoms with Crippen molar-refractivity contribution in [3.63, 3.8) is 0 Å². The zero-order valence-corrected chi connectivity index (χ0v) is 8.23. The molecule has 1 aliphatic heterocycles. The van der Waals surface area contributed by atoms with Gasteiger partial charge in [0.15, 0.2) is 0 Å². The average Bonchev–Trinajstić information content (AvgIpc) is 2.19. The first-order valence-corrected chi connectivity index (χ1v) is 4.74. The maximum atomic E-state index is 5.58. The van der Waals surface area contributed by atoms with Crippen LogP contribution in [0.1, 0.15) is 18.9 Å². The van der Waals surface area contributed by atoms with Crippen molar-refractivity contribution >= 4 is 6.02 Å². The highest BCUT2D eigenvalue weighted by Gasteiger charge is 2.29. The molecule has 0 radical (unpaired) electrons. The summed E-state index contributed by atoms with van der Waals surface area (Å²) >= 11 is 0. The quantitative estimate of drug-likeness (QED) is 0.731. The van der Waals surface area contributed by atoms with E-state index in [4.69, 9.17) is 10.5 Å². The number of hydrogen-bond acceptors (Lipinski definition) is 3. The molecule has 0 aromatic heterocycles. The Bertz CT molecular complexity index is 348. The molecule has 0 saturated heterocycles. The van der Waals surface area contributed by atoms with Gasteiger partial charge in [-0.3, -0.25) is 0 Å². The fraction of sp³-hybridized carbons (Fsp3) is 0.364. The molecule has 1 unspecified atom stereocenters. The van der Waals surface area contributed by atoms with E-state index in [1.165, 1.54) is 5.56 Å². The first-order chi connectivity index (χ1) is 6.71. The molecule has 3 heteroatoms. The minimum atomic E-state index is -0.219. The lowest BCUT2D eigenvalue weighted by atomic mass is 9.89. The Kier molecular flexibility index (Phi) is 2.15. The zero-order chi connectivity index (χ0) is 10.0. The van der Waals surface area contributed by atoms with Crippen molar-refractivity contribution in [3.8, 4) is 0 Å². The van der Waals surface area contributed by atoms with Crippen LogP contribution in [-0.2, 0) is 10.3 Å². The summed E-state index contributed by atoms with van der Waals surface area (Å²) in [6.45, 7) is 2.72. The molecule has 0 fully saturated rings. The van der Waals surface area contributed by atoms with Crippen molar-refractivity contribution < 1.29 is 4.74 Å². The topological polar surface area (TPSA) is 47.6 Å². The summed E-state index contributed by atoms with van der Waals surface area (Å²) in [7, 11) is 0. The van der Waals surface area contributed by atoms with Crippen LogP contribution in [0, 0.1) is 0 Å². The Morgan fingerprint density at radius 1 is 1.36 bits per heavy atom. The molecule has 74 valence electrons. The second-order valence-electron chi connectivity index (χ2n) is 3.69.